The zero-order chi connectivity index (χ0) is 14.8. The highest BCUT2D eigenvalue weighted by Gasteiger charge is 2.26. The summed E-state index contributed by atoms with van der Waals surface area (Å²) < 4.78 is 0. The van der Waals surface area contributed by atoms with Crippen LogP contribution < -0.4 is 10.6 Å². The molecule has 0 spiro atoms. The van der Waals surface area contributed by atoms with Gasteiger partial charge in [0.05, 0.1) is 0 Å². The van der Waals surface area contributed by atoms with Crippen LogP contribution in [0.25, 0.3) is 10.8 Å². The quantitative estimate of drug-likeness (QED) is 0.851. The number of amides is 2. The normalized spacial score (nSPS) is 18.6. The van der Waals surface area contributed by atoms with Gasteiger partial charge in [0.15, 0.2) is 0 Å². The van der Waals surface area contributed by atoms with E-state index in [4.69, 9.17) is 0 Å². The Balaban J connectivity index is 1.94. The van der Waals surface area contributed by atoms with Crippen molar-refractivity contribution in [2.45, 2.75) is 32.2 Å². The molecular formula is C17H18N2O2. The molecule has 1 aliphatic heterocycles. The first-order valence-electron chi connectivity index (χ1n) is 7.30. The van der Waals surface area contributed by atoms with Gasteiger partial charge in [0.25, 0.3) is 0 Å². The number of anilines is 1. The Morgan fingerprint density at radius 3 is 2.62 bits per heavy atom. The Morgan fingerprint density at radius 2 is 1.90 bits per heavy atom. The second-order valence-electron chi connectivity index (χ2n) is 5.32. The minimum atomic E-state index is -0.349. The highest BCUT2D eigenvalue weighted by atomic mass is 16.2. The number of carbonyl (C=O) groups excluding carboxylic acids is 2. The molecule has 1 heterocycles. The second kappa shape index (κ2) is 5.56. The Bertz CT molecular complexity index is 709. The molecule has 2 aromatic rings. The average Bonchev–Trinajstić information content (AvgIpc) is 2.50. The molecule has 2 amide bonds. The molecule has 1 saturated heterocycles. The number of aryl methyl sites for hydroxylation is 1. The predicted molar refractivity (Wildman–Crippen MR) is 83.1 cm³/mol. The van der Waals surface area contributed by atoms with Crippen LogP contribution >= 0.6 is 0 Å². The molecule has 1 atom stereocenters. The summed E-state index contributed by atoms with van der Waals surface area (Å²) in [5.74, 6) is -0.431. The highest BCUT2D eigenvalue weighted by molar-refractivity contribution is 6.03. The molecule has 21 heavy (non-hydrogen) atoms. The van der Waals surface area contributed by atoms with Gasteiger partial charge in [-0.25, -0.2) is 0 Å². The summed E-state index contributed by atoms with van der Waals surface area (Å²) in [4.78, 5) is 23.1. The van der Waals surface area contributed by atoms with Crippen molar-refractivity contribution in [2.75, 3.05) is 5.32 Å². The van der Waals surface area contributed by atoms with E-state index in [-0.39, 0.29) is 17.9 Å². The molecule has 0 saturated carbocycles. The van der Waals surface area contributed by atoms with Gasteiger partial charge in [-0.15, -0.1) is 0 Å². The SMILES string of the molecule is CCc1ccc(NC2CCC(=O)NC2=O)c2ccccc12. The minimum absolute atomic E-state index is 0.191. The molecule has 0 bridgehead atoms. The first kappa shape index (κ1) is 13.6. The zero-order valence-electron chi connectivity index (χ0n) is 12.0. The third-order valence-corrected chi connectivity index (χ3v) is 3.96. The Kier molecular flexibility index (Phi) is 3.60. The van der Waals surface area contributed by atoms with Crippen LogP contribution in [0.15, 0.2) is 36.4 Å². The summed E-state index contributed by atoms with van der Waals surface area (Å²) in [6.07, 6.45) is 1.89. The van der Waals surface area contributed by atoms with Crippen LogP contribution in [0.1, 0.15) is 25.3 Å². The Morgan fingerprint density at radius 1 is 1.14 bits per heavy atom. The largest absolute Gasteiger partial charge is 0.373 e. The van der Waals surface area contributed by atoms with Crippen molar-refractivity contribution >= 4 is 28.3 Å². The maximum atomic E-state index is 11.9. The van der Waals surface area contributed by atoms with Crippen molar-refractivity contribution in [3.63, 3.8) is 0 Å². The average molecular weight is 282 g/mol. The number of nitrogens with one attached hydrogen (secondary N) is 2. The minimum Gasteiger partial charge on any atom is -0.373 e. The van der Waals surface area contributed by atoms with Crippen LogP contribution in [0.2, 0.25) is 0 Å². The van der Waals surface area contributed by atoms with E-state index in [9.17, 15) is 9.59 Å². The van der Waals surface area contributed by atoms with E-state index < -0.39 is 0 Å². The number of hydrogen-bond donors (Lipinski definition) is 2. The smallest absolute Gasteiger partial charge is 0.249 e. The summed E-state index contributed by atoms with van der Waals surface area (Å²) in [6.45, 7) is 2.13. The van der Waals surface area contributed by atoms with E-state index in [1.165, 1.54) is 10.9 Å². The van der Waals surface area contributed by atoms with Gasteiger partial charge in [-0.3, -0.25) is 14.9 Å². The zero-order valence-corrected chi connectivity index (χ0v) is 12.0. The molecule has 0 radical (unpaired) electrons. The first-order chi connectivity index (χ1) is 10.2. The number of rotatable bonds is 3. The van der Waals surface area contributed by atoms with Gasteiger partial charge in [0, 0.05) is 17.5 Å². The van der Waals surface area contributed by atoms with Gasteiger partial charge < -0.3 is 5.32 Å². The van der Waals surface area contributed by atoms with Crippen molar-refractivity contribution in [1.82, 2.24) is 5.32 Å². The van der Waals surface area contributed by atoms with Gasteiger partial charge in [-0.05, 0) is 29.9 Å². The lowest BCUT2D eigenvalue weighted by molar-refractivity contribution is -0.133. The molecule has 4 nitrogen and oxygen atoms in total. The fourth-order valence-electron chi connectivity index (χ4n) is 2.81. The van der Waals surface area contributed by atoms with E-state index in [0.717, 1.165) is 17.5 Å². The summed E-state index contributed by atoms with van der Waals surface area (Å²) in [5.41, 5.74) is 2.23. The molecule has 0 aromatic heterocycles. The number of fused-ring (bicyclic) bond motifs is 1. The first-order valence-corrected chi connectivity index (χ1v) is 7.30. The van der Waals surface area contributed by atoms with Crippen molar-refractivity contribution in [3.05, 3.63) is 42.0 Å². The summed E-state index contributed by atoms with van der Waals surface area (Å²) in [7, 11) is 0. The predicted octanol–water partition coefficient (Wildman–Crippen LogP) is 2.62. The van der Waals surface area contributed by atoms with Gasteiger partial charge in [-0.1, -0.05) is 37.3 Å². The van der Waals surface area contributed by atoms with Crippen molar-refractivity contribution in [2.24, 2.45) is 0 Å². The summed E-state index contributed by atoms with van der Waals surface area (Å²) in [6, 6.07) is 11.9. The van der Waals surface area contributed by atoms with E-state index in [1.54, 1.807) is 0 Å². The molecule has 108 valence electrons. The number of carbonyl (C=O) groups is 2. The summed E-state index contributed by atoms with van der Waals surface area (Å²) in [5, 5.41) is 7.98. The monoisotopic (exact) mass is 282 g/mol. The van der Waals surface area contributed by atoms with E-state index >= 15 is 0 Å². The van der Waals surface area contributed by atoms with Crippen molar-refractivity contribution in [3.8, 4) is 0 Å². The molecular weight excluding hydrogens is 264 g/mol. The lowest BCUT2D eigenvalue weighted by atomic mass is 9.99. The van der Waals surface area contributed by atoms with Crippen LogP contribution in [0.5, 0.6) is 0 Å². The number of hydrogen-bond acceptors (Lipinski definition) is 3. The van der Waals surface area contributed by atoms with Gasteiger partial charge >= 0.3 is 0 Å². The van der Waals surface area contributed by atoms with Crippen LogP contribution in [0.4, 0.5) is 5.69 Å². The highest BCUT2D eigenvalue weighted by Crippen LogP contribution is 2.28. The molecule has 1 fully saturated rings. The van der Waals surface area contributed by atoms with E-state index in [1.807, 2.05) is 18.2 Å². The standard InChI is InChI=1S/C17H18N2O2/c1-2-11-7-8-14(13-6-4-3-5-12(11)13)18-15-9-10-16(20)19-17(15)21/h3-8,15,18H,2,9-10H2,1H3,(H,19,20,21). The number of piperidine rings is 1. The summed E-state index contributed by atoms with van der Waals surface area (Å²) >= 11 is 0. The van der Waals surface area contributed by atoms with Crippen molar-refractivity contribution < 1.29 is 9.59 Å². The second-order valence-corrected chi connectivity index (χ2v) is 5.32. The maximum Gasteiger partial charge on any atom is 0.249 e. The van der Waals surface area contributed by atoms with E-state index in [0.29, 0.717) is 12.8 Å². The number of benzene rings is 2. The van der Waals surface area contributed by atoms with Crippen LogP contribution in [-0.4, -0.2) is 17.9 Å². The third-order valence-electron chi connectivity index (χ3n) is 3.96. The van der Waals surface area contributed by atoms with Gasteiger partial charge in [0.2, 0.25) is 11.8 Å². The van der Waals surface area contributed by atoms with Crippen molar-refractivity contribution in [1.29, 1.82) is 0 Å². The Labute approximate surface area is 123 Å². The molecule has 4 heteroatoms. The molecule has 1 unspecified atom stereocenters. The molecule has 2 aromatic carbocycles. The lowest BCUT2D eigenvalue weighted by Gasteiger charge is -2.24. The molecule has 0 aliphatic carbocycles. The fourth-order valence-corrected chi connectivity index (χ4v) is 2.81. The van der Waals surface area contributed by atoms with E-state index in [2.05, 4.69) is 35.8 Å². The Hall–Kier alpha value is -2.36. The van der Waals surface area contributed by atoms with Gasteiger partial charge in [0.1, 0.15) is 6.04 Å². The third kappa shape index (κ3) is 2.61. The van der Waals surface area contributed by atoms with Crippen LogP contribution in [-0.2, 0) is 16.0 Å². The van der Waals surface area contributed by atoms with Crippen LogP contribution in [0, 0.1) is 0 Å². The van der Waals surface area contributed by atoms with Gasteiger partial charge in [-0.2, -0.15) is 0 Å². The van der Waals surface area contributed by atoms with Crippen LogP contribution in [0.3, 0.4) is 0 Å². The topological polar surface area (TPSA) is 58.2 Å². The molecule has 1 aliphatic rings. The molecule has 3 rings (SSSR count). The molecule has 2 N–H and O–H groups in total. The lowest BCUT2D eigenvalue weighted by Crippen LogP contribution is -2.47. The maximum absolute atomic E-state index is 11.9. The number of imide groups is 1. The fraction of sp³-hybridized carbons (Fsp3) is 0.294.